The van der Waals surface area contributed by atoms with Crippen molar-refractivity contribution < 1.29 is 15.3 Å². The Labute approximate surface area is 189 Å². The molecule has 3 saturated carbocycles. The van der Waals surface area contributed by atoms with Gasteiger partial charge in [-0.05, 0) is 101 Å². The fraction of sp³-hybridized carbons (Fsp3) is 0.714. The Hall–Kier alpha value is -1.16. The highest BCUT2D eigenvalue weighted by Gasteiger charge is 2.50. The number of allylic oxidation sites excluding steroid dienone is 5. The first-order chi connectivity index (χ1) is 14.3. The Bertz CT molecular complexity index is 764. The molecule has 0 aromatic carbocycles. The zero-order chi connectivity index (χ0) is 23.0. The molecular weight excluding hydrogens is 384 g/mol. The third-order valence-electron chi connectivity index (χ3n) is 8.82. The van der Waals surface area contributed by atoms with E-state index in [1.165, 1.54) is 43.3 Å². The van der Waals surface area contributed by atoms with Gasteiger partial charge in [-0.2, -0.15) is 0 Å². The van der Waals surface area contributed by atoms with E-state index in [0.29, 0.717) is 17.8 Å². The van der Waals surface area contributed by atoms with Gasteiger partial charge < -0.3 is 15.3 Å². The molecule has 3 rings (SSSR count). The summed E-state index contributed by atoms with van der Waals surface area (Å²) < 4.78 is 0. The molecule has 0 heterocycles. The van der Waals surface area contributed by atoms with Crippen LogP contribution < -0.4 is 0 Å². The van der Waals surface area contributed by atoms with E-state index in [1.54, 1.807) is 32.4 Å². The molecule has 0 spiro atoms. The molecule has 0 aliphatic heterocycles. The second-order valence-corrected chi connectivity index (χ2v) is 11.5. The number of aliphatic hydroxyl groups excluding tert-OH is 1. The van der Waals surface area contributed by atoms with E-state index in [-0.39, 0.29) is 11.5 Å². The van der Waals surface area contributed by atoms with Crippen molar-refractivity contribution in [3.05, 3.63) is 47.6 Å². The number of hydrogen-bond acceptors (Lipinski definition) is 3. The van der Waals surface area contributed by atoms with Crippen molar-refractivity contribution >= 4 is 0 Å². The van der Waals surface area contributed by atoms with Crippen molar-refractivity contribution in [3.8, 4) is 0 Å². The van der Waals surface area contributed by atoms with Crippen LogP contribution in [0.2, 0.25) is 0 Å². The predicted molar refractivity (Wildman–Crippen MR) is 129 cm³/mol. The van der Waals surface area contributed by atoms with Crippen LogP contribution in [-0.2, 0) is 0 Å². The monoisotopic (exact) mass is 428 g/mol. The van der Waals surface area contributed by atoms with Crippen LogP contribution >= 0.6 is 0 Å². The normalized spacial score (nSPS) is 37.9. The molecule has 0 saturated heterocycles. The van der Waals surface area contributed by atoms with E-state index in [9.17, 15) is 15.3 Å². The molecule has 0 unspecified atom stereocenters. The highest BCUT2D eigenvalue weighted by molar-refractivity contribution is 5.36. The van der Waals surface area contributed by atoms with Gasteiger partial charge in [0, 0.05) is 0 Å². The quantitative estimate of drug-likeness (QED) is 0.480. The van der Waals surface area contributed by atoms with Crippen LogP contribution in [0.25, 0.3) is 0 Å². The van der Waals surface area contributed by atoms with Crippen molar-refractivity contribution in [1.82, 2.24) is 0 Å². The molecule has 174 valence electrons. The Morgan fingerprint density at radius 1 is 1.10 bits per heavy atom. The first kappa shape index (κ1) is 24.5. The molecule has 3 heteroatoms. The van der Waals surface area contributed by atoms with Crippen LogP contribution in [-0.4, -0.2) is 32.6 Å². The second kappa shape index (κ2) is 9.00. The SMILES string of the molecule is C=C1CC[C@H](O)C/C1=C/C=C1/CCC[C@]2(C)[C@@H]1CC[C@H]2[C@H](C)/C=C/[C@@](C)(O)C(C)(C)O. The Balaban J connectivity index is 1.77. The highest BCUT2D eigenvalue weighted by atomic mass is 16.3. The van der Waals surface area contributed by atoms with E-state index in [0.717, 1.165) is 19.3 Å². The Morgan fingerprint density at radius 3 is 2.48 bits per heavy atom. The zero-order valence-corrected chi connectivity index (χ0v) is 20.3. The van der Waals surface area contributed by atoms with Crippen molar-refractivity contribution in [1.29, 1.82) is 0 Å². The minimum absolute atomic E-state index is 0.226. The van der Waals surface area contributed by atoms with Crippen LogP contribution in [0, 0.1) is 23.2 Å². The first-order valence-corrected chi connectivity index (χ1v) is 12.2. The van der Waals surface area contributed by atoms with E-state index in [1.807, 2.05) is 0 Å². The van der Waals surface area contributed by atoms with Gasteiger partial charge in [0.1, 0.15) is 5.60 Å². The number of fused-ring (bicyclic) bond motifs is 1. The zero-order valence-electron chi connectivity index (χ0n) is 20.3. The summed E-state index contributed by atoms with van der Waals surface area (Å²) in [6.07, 6.45) is 16.8. The maximum atomic E-state index is 10.6. The van der Waals surface area contributed by atoms with Gasteiger partial charge in [-0.15, -0.1) is 0 Å². The summed E-state index contributed by atoms with van der Waals surface area (Å²) in [5.74, 6) is 1.54. The minimum atomic E-state index is -1.24. The summed E-state index contributed by atoms with van der Waals surface area (Å²) in [5.41, 5.74) is 1.83. The molecule has 0 aromatic heterocycles. The van der Waals surface area contributed by atoms with Gasteiger partial charge >= 0.3 is 0 Å². The Morgan fingerprint density at radius 2 is 1.81 bits per heavy atom. The summed E-state index contributed by atoms with van der Waals surface area (Å²) in [6, 6.07) is 0. The smallest absolute Gasteiger partial charge is 0.108 e. The summed E-state index contributed by atoms with van der Waals surface area (Å²) in [7, 11) is 0. The van der Waals surface area contributed by atoms with Crippen LogP contribution in [0.15, 0.2) is 47.6 Å². The average molecular weight is 429 g/mol. The Kier molecular flexibility index (Phi) is 7.11. The maximum Gasteiger partial charge on any atom is 0.108 e. The maximum absolute atomic E-state index is 10.6. The number of rotatable bonds is 5. The highest BCUT2D eigenvalue weighted by Crippen LogP contribution is 2.59. The average Bonchev–Trinajstić information content (AvgIpc) is 3.03. The number of aliphatic hydroxyl groups is 3. The largest absolute Gasteiger partial charge is 0.393 e. The third kappa shape index (κ3) is 5.10. The lowest BCUT2D eigenvalue weighted by Gasteiger charge is -2.44. The molecule has 3 fully saturated rings. The minimum Gasteiger partial charge on any atom is -0.393 e. The molecule has 0 bridgehead atoms. The van der Waals surface area contributed by atoms with Crippen LogP contribution in [0.4, 0.5) is 0 Å². The van der Waals surface area contributed by atoms with Crippen molar-refractivity contribution in [3.63, 3.8) is 0 Å². The lowest BCUT2D eigenvalue weighted by molar-refractivity contribution is -0.0886. The molecule has 0 radical (unpaired) electrons. The molecule has 6 atom stereocenters. The fourth-order valence-corrected chi connectivity index (χ4v) is 6.22. The second-order valence-electron chi connectivity index (χ2n) is 11.5. The number of hydrogen-bond donors (Lipinski definition) is 3. The van der Waals surface area contributed by atoms with E-state index >= 15 is 0 Å². The van der Waals surface area contributed by atoms with E-state index < -0.39 is 11.2 Å². The van der Waals surface area contributed by atoms with Crippen molar-refractivity contribution in [2.24, 2.45) is 23.2 Å². The first-order valence-electron chi connectivity index (χ1n) is 12.2. The standard InChI is InChI=1S/C28H44O3/c1-19-9-12-23(29)18-22(19)11-10-21-8-7-16-27(5)24(13-14-25(21)27)20(2)15-17-28(6,31)26(3,4)30/h10-11,15,17,20,23-25,29-31H,1,7-9,12-14,16,18H2,2-6H3/b17-15+,21-10-,22-11-/t20-,23+,24+,25-,27+,28-/m1/s1. The molecule has 3 nitrogen and oxygen atoms in total. The van der Waals surface area contributed by atoms with E-state index in [4.69, 9.17) is 0 Å². The summed E-state index contributed by atoms with van der Waals surface area (Å²) in [6.45, 7) is 13.9. The van der Waals surface area contributed by atoms with Gasteiger partial charge in [0.2, 0.25) is 0 Å². The van der Waals surface area contributed by atoms with E-state index in [2.05, 4.69) is 38.7 Å². The molecule has 0 aromatic rings. The molecule has 3 N–H and O–H groups in total. The van der Waals surface area contributed by atoms with Crippen LogP contribution in [0.5, 0.6) is 0 Å². The molecule has 3 aliphatic rings. The van der Waals surface area contributed by atoms with Gasteiger partial charge in [-0.3, -0.25) is 0 Å². The van der Waals surface area contributed by atoms with Gasteiger partial charge in [-0.1, -0.05) is 55.9 Å². The van der Waals surface area contributed by atoms with Crippen molar-refractivity contribution in [2.45, 2.75) is 103 Å². The summed E-state index contributed by atoms with van der Waals surface area (Å²) in [5, 5.41) is 30.9. The van der Waals surface area contributed by atoms with Gasteiger partial charge in [0.25, 0.3) is 0 Å². The van der Waals surface area contributed by atoms with Crippen LogP contribution in [0.3, 0.4) is 0 Å². The predicted octanol–water partition coefficient (Wildman–Crippen LogP) is 5.87. The van der Waals surface area contributed by atoms with Crippen molar-refractivity contribution in [2.75, 3.05) is 0 Å². The summed E-state index contributed by atoms with van der Waals surface area (Å²) >= 11 is 0. The van der Waals surface area contributed by atoms with Crippen LogP contribution in [0.1, 0.15) is 86.0 Å². The fourth-order valence-electron chi connectivity index (χ4n) is 6.22. The molecular formula is C28H44O3. The lowest BCUT2D eigenvalue weighted by Crippen LogP contribution is -2.46. The third-order valence-corrected chi connectivity index (χ3v) is 8.82. The topological polar surface area (TPSA) is 60.7 Å². The van der Waals surface area contributed by atoms with Gasteiger partial charge in [0.15, 0.2) is 0 Å². The van der Waals surface area contributed by atoms with Gasteiger partial charge in [0.05, 0.1) is 11.7 Å². The lowest BCUT2D eigenvalue weighted by atomic mass is 9.61. The molecule has 31 heavy (non-hydrogen) atoms. The summed E-state index contributed by atoms with van der Waals surface area (Å²) in [4.78, 5) is 0. The van der Waals surface area contributed by atoms with Gasteiger partial charge in [-0.25, -0.2) is 0 Å². The molecule has 3 aliphatic carbocycles. The molecule has 0 amide bonds.